The zero-order valence-electron chi connectivity index (χ0n) is 27.4. The molecule has 0 aliphatic carbocycles. The number of aliphatic hydroxyl groups is 1. The first-order valence-electron chi connectivity index (χ1n) is 16.8. The maximum atomic E-state index is 14.8. The van der Waals surface area contributed by atoms with Gasteiger partial charge < -0.3 is 34.4 Å². The molecule has 0 radical (unpaired) electrons. The monoisotopic (exact) mass is 735 g/mol. The van der Waals surface area contributed by atoms with Crippen LogP contribution in [0.1, 0.15) is 42.9 Å². The van der Waals surface area contributed by atoms with Gasteiger partial charge in [-0.25, -0.2) is 0 Å². The van der Waals surface area contributed by atoms with E-state index in [2.05, 4.69) is 21.2 Å². The summed E-state index contributed by atoms with van der Waals surface area (Å²) in [4.78, 5) is 60.2. The van der Waals surface area contributed by atoms with Crippen molar-refractivity contribution in [2.24, 2.45) is 11.8 Å². The number of nitrogens with one attached hydrogen (secondary N) is 1. The van der Waals surface area contributed by atoms with Crippen LogP contribution in [-0.2, 0) is 39.9 Å². The Morgan fingerprint density at radius 3 is 2.43 bits per heavy atom. The van der Waals surface area contributed by atoms with Crippen molar-refractivity contribution in [3.8, 4) is 0 Å². The van der Waals surface area contributed by atoms with Gasteiger partial charge in [0.1, 0.15) is 29.8 Å². The highest BCUT2D eigenvalue weighted by molar-refractivity contribution is 9.11. The lowest BCUT2D eigenvalue weighted by atomic mass is 9.74. The number of carbonyl (C=O) groups excluding carboxylic acids is 4. The van der Waals surface area contributed by atoms with Crippen molar-refractivity contribution in [1.82, 2.24) is 15.1 Å². The highest BCUT2D eigenvalue weighted by Gasteiger charge is 2.75. The number of hydrogen-bond acceptors (Lipinski definition) is 8. The molecule has 2 aromatic carbocycles. The molecule has 2 fully saturated rings. The van der Waals surface area contributed by atoms with Crippen LogP contribution < -0.4 is 5.32 Å². The number of amides is 3. The number of ether oxygens (including phenoxy) is 3. The molecule has 4 aliphatic rings. The lowest BCUT2D eigenvalue weighted by Gasteiger charge is -2.36. The number of aliphatic hydroxyl groups excluding tert-OH is 1. The van der Waals surface area contributed by atoms with Gasteiger partial charge in [-0.3, -0.25) is 19.2 Å². The van der Waals surface area contributed by atoms with E-state index in [4.69, 9.17) is 14.2 Å². The number of allylic oxidation sites excluding steroid dienone is 1. The van der Waals surface area contributed by atoms with Crippen LogP contribution in [0.5, 0.6) is 0 Å². The van der Waals surface area contributed by atoms with Crippen molar-refractivity contribution in [3.05, 3.63) is 94.5 Å². The number of benzene rings is 2. The van der Waals surface area contributed by atoms with Gasteiger partial charge in [-0.05, 0) is 36.5 Å². The third-order valence-corrected chi connectivity index (χ3v) is 10.4. The number of fused-ring (bicyclic) bond motifs is 2. The molecular formula is C37H42BrN3O8. The molecule has 49 heavy (non-hydrogen) atoms. The highest BCUT2D eigenvalue weighted by Crippen LogP contribution is 2.59. The topological polar surface area (TPSA) is 135 Å². The molecule has 0 aromatic heterocycles. The van der Waals surface area contributed by atoms with Gasteiger partial charge >= 0.3 is 5.97 Å². The number of rotatable bonds is 9. The predicted molar refractivity (Wildman–Crippen MR) is 183 cm³/mol. The average molecular weight is 737 g/mol. The van der Waals surface area contributed by atoms with E-state index in [1.54, 1.807) is 11.0 Å². The quantitative estimate of drug-likeness (QED) is 0.228. The van der Waals surface area contributed by atoms with Gasteiger partial charge in [0.25, 0.3) is 0 Å². The number of nitrogens with zero attached hydrogens (tertiary/aromatic N) is 2. The number of carbonyl (C=O) groups is 4. The van der Waals surface area contributed by atoms with Crippen molar-refractivity contribution in [2.75, 3.05) is 33.4 Å². The first-order chi connectivity index (χ1) is 23.8. The Bertz CT molecular complexity index is 1590. The Morgan fingerprint density at radius 1 is 0.980 bits per heavy atom. The Labute approximate surface area is 294 Å². The van der Waals surface area contributed by atoms with Crippen molar-refractivity contribution < 1.29 is 38.5 Å². The molecule has 2 N–H and O–H groups in total. The number of cyclic esters (lactones) is 1. The van der Waals surface area contributed by atoms with Crippen molar-refractivity contribution in [1.29, 1.82) is 0 Å². The Balaban J connectivity index is 1.44. The van der Waals surface area contributed by atoms with Crippen molar-refractivity contribution in [3.63, 3.8) is 0 Å². The van der Waals surface area contributed by atoms with Gasteiger partial charge in [-0.1, -0.05) is 88.7 Å². The first kappa shape index (κ1) is 35.0. The van der Waals surface area contributed by atoms with Crippen LogP contribution in [0.25, 0.3) is 0 Å². The summed E-state index contributed by atoms with van der Waals surface area (Å²) in [5.74, 6) is -3.68. The Hall–Kier alpha value is -3.84. The van der Waals surface area contributed by atoms with Crippen LogP contribution in [0, 0.1) is 11.8 Å². The van der Waals surface area contributed by atoms with E-state index in [9.17, 15) is 24.3 Å². The summed E-state index contributed by atoms with van der Waals surface area (Å²) >= 11 is 3.61. The highest BCUT2D eigenvalue weighted by atomic mass is 79.9. The second kappa shape index (κ2) is 15.4. The van der Waals surface area contributed by atoms with E-state index >= 15 is 0 Å². The fraction of sp³-hybridized carbons (Fsp3) is 0.459. The zero-order valence-corrected chi connectivity index (χ0v) is 29.0. The molecule has 3 amide bonds. The first-order valence-corrected chi connectivity index (χ1v) is 17.6. The summed E-state index contributed by atoms with van der Waals surface area (Å²) in [5, 5.41) is 12.6. The second-order valence-corrected chi connectivity index (χ2v) is 13.8. The number of halogens is 1. The average Bonchev–Trinajstić information content (AvgIpc) is 3.69. The van der Waals surface area contributed by atoms with Gasteiger partial charge in [-0.15, -0.1) is 0 Å². The standard InChI is InChI=1S/C37H42BrN3O8/c1-47-23-27-31(25-15-7-3-8-16-25)48-36(46)29-30-34(44)41(19-11-12-20-42)33(37(30)21-26(38)32(29)49-37)35(45)40(22-24-13-5-2-6-14-24)18-10-4-9-17-28(43)39-27/h2-8,10,13-16,21,27,29-33,42H,9,11-12,17-20,22-23H2,1H3,(H,39,43)/b10-4-/t27-,29+,30-,31-,32+,33+,37-/m1/s1. The SMILES string of the molecule is COC[C@H]1NC(=O)CC/C=C\CN(Cc2ccccc2)C(=O)[C@@H]2N(CCCCO)C(=O)[C@H]3[C@H](C(=O)O[C@@H]1c1ccccc1)[C@H]1O[C@@]23C=C1Br. The van der Waals surface area contributed by atoms with Crippen LogP contribution in [0.15, 0.2) is 83.4 Å². The third-order valence-electron chi connectivity index (χ3n) is 9.73. The van der Waals surface area contributed by atoms with E-state index in [1.807, 2.05) is 72.8 Å². The molecule has 2 aromatic rings. The predicted octanol–water partition coefficient (Wildman–Crippen LogP) is 3.43. The van der Waals surface area contributed by atoms with Crippen LogP contribution in [0.3, 0.4) is 0 Å². The molecule has 7 atom stereocenters. The molecule has 12 heteroatoms. The maximum Gasteiger partial charge on any atom is 0.313 e. The van der Waals surface area contributed by atoms with E-state index in [1.165, 1.54) is 12.0 Å². The van der Waals surface area contributed by atoms with Crippen LogP contribution >= 0.6 is 15.9 Å². The third kappa shape index (κ3) is 6.96. The molecule has 2 saturated heterocycles. The Morgan fingerprint density at radius 2 is 1.71 bits per heavy atom. The molecule has 5 bridgehead atoms. The van der Waals surface area contributed by atoms with E-state index in [-0.39, 0.29) is 57.0 Å². The maximum absolute atomic E-state index is 14.8. The van der Waals surface area contributed by atoms with Crippen LogP contribution in [0.2, 0.25) is 0 Å². The summed E-state index contributed by atoms with van der Waals surface area (Å²) in [5.41, 5.74) is 0.137. The van der Waals surface area contributed by atoms with Gasteiger partial charge in [0.2, 0.25) is 17.7 Å². The minimum absolute atomic E-state index is 0.0564. The van der Waals surface area contributed by atoms with Gasteiger partial charge in [0.05, 0.1) is 18.6 Å². The van der Waals surface area contributed by atoms with E-state index in [0.717, 1.165) is 5.56 Å². The summed E-state index contributed by atoms with van der Waals surface area (Å²) in [6.45, 7) is 0.724. The zero-order chi connectivity index (χ0) is 34.5. The molecule has 11 nitrogen and oxygen atoms in total. The summed E-state index contributed by atoms with van der Waals surface area (Å²) in [6.07, 6.45) is 5.24. The number of esters is 1. The molecule has 4 heterocycles. The lowest BCUT2D eigenvalue weighted by Crippen LogP contribution is -2.55. The fourth-order valence-electron chi connectivity index (χ4n) is 7.54. The lowest BCUT2D eigenvalue weighted by molar-refractivity contribution is -0.162. The largest absolute Gasteiger partial charge is 0.455 e. The molecular weight excluding hydrogens is 694 g/mol. The summed E-state index contributed by atoms with van der Waals surface area (Å²) in [6, 6.07) is 16.9. The minimum atomic E-state index is -1.42. The Kier molecular flexibility index (Phi) is 11.0. The molecule has 0 unspecified atom stereocenters. The van der Waals surface area contributed by atoms with Gasteiger partial charge in [-0.2, -0.15) is 0 Å². The van der Waals surface area contributed by atoms with E-state index < -0.39 is 47.7 Å². The van der Waals surface area contributed by atoms with Crippen LogP contribution in [0.4, 0.5) is 0 Å². The van der Waals surface area contributed by atoms with Crippen molar-refractivity contribution in [2.45, 2.75) is 62.1 Å². The van der Waals surface area contributed by atoms with Crippen LogP contribution in [-0.4, -0.2) is 95.8 Å². The number of hydrogen-bond donors (Lipinski definition) is 2. The van der Waals surface area contributed by atoms with E-state index in [0.29, 0.717) is 29.3 Å². The molecule has 6 rings (SSSR count). The number of likely N-dealkylation sites (tertiary alicyclic amines) is 1. The minimum Gasteiger partial charge on any atom is -0.455 e. The summed E-state index contributed by atoms with van der Waals surface area (Å²) < 4.78 is 19.0. The van der Waals surface area contributed by atoms with Gasteiger partial charge in [0.15, 0.2) is 0 Å². The van der Waals surface area contributed by atoms with Gasteiger partial charge in [0, 0.05) is 44.3 Å². The number of methoxy groups -OCH3 is 1. The smallest absolute Gasteiger partial charge is 0.313 e. The second-order valence-electron chi connectivity index (χ2n) is 12.9. The molecule has 0 saturated carbocycles. The molecule has 1 spiro atoms. The molecule has 260 valence electrons. The fourth-order valence-corrected chi connectivity index (χ4v) is 8.27. The molecule has 4 aliphatic heterocycles. The normalized spacial score (nSPS) is 31.0. The number of unbranched alkanes of at least 4 members (excludes halogenated alkanes) is 1. The summed E-state index contributed by atoms with van der Waals surface area (Å²) in [7, 11) is 1.51. The van der Waals surface area contributed by atoms with Crippen molar-refractivity contribution >= 4 is 39.6 Å².